The normalized spacial score (nSPS) is 11.1. The number of methoxy groups -OCH3 is 1. The molecule has 1 aromatic heterocycles. The van der Waals surface area contributed by atoms with Crippen LogP contribution in [0.15, 0.2) is 96.2 Å². The van der Waals surface area contributed by atoms with Crippen LogP contribution in [-0.4, -0.2) is 38.3 Å². The molecule has 0 saturated carbocycles. The van der Waals surface area contributed by atoms with Crippen LogP contribution >= 0.6 is 0 Å². The fraction of sp³-hybridized carbons (Fsp3) is 0.120. The molecule has 4 rings (SSSR count). The van der Waals surface area contributed by atoms with Crippen molar-refractivity contribution in [2.24, 2.45) is 0 Å². The van der Waals surface area contributed by atoms with Crippen molar-refractivity contribution in [3.8, 4) is 5.75 Å². The summed E-state index contributed by atoms with van der Waals surface area (Å²) >= 11 is 0. The standard InChI is InChI=1S/C25H24N4O4S/c1-28(23-9-3-4-10-24(23)33-2)34(31,32)22-13-11-20(12-14-22)25(30)27-21-8-5-7-19(17-21)18-29-16-6-15-26-29/h3-17H,18H2,1-2H3,(H,27,30). The topological polar surface area (TPSA) is 93.5 Å². The van der Waals surface area contributed by atoms with Crippen molar-refractivity contribution in [1.29, 1.82) is 0 Å². The molecule has 4 aromatic rings. The number of ether oxygens (including phenoxy) is 1. The number of amides is 1. The van der Waals surface area contributed by atoms with Gasteiger partial charge in [0.25, 0.3) is 15.9 Å². The van der Waals surface area contributed by atoms with Gasteiger partial charge in [-0.25, -0.2) is 8.42 Å². The number of benzene rings is 3. The van der Waals surface area contributed by atoms with E-state index in [0.717, 1.165) is 9.87 Å². The second kappa shape index (κ2) is 9.80. The Kier molecular flexibility index (Phi) is 6.65. The third-order valence-electron chi connectivity index (χ3n) is 5.29. The lowest BCUT2D eigenvalue weighted by Crippen LogP contribution is -2.27. The zero-order chi connectivity index (χ0) is 24.1. The fourth-order valence-corrected chi connectivity index (χ4v) is 4.69. The molecule has 0 spiro atoms. The van der Waals surface area contributed by atoms with Crippen molar-refractivity contribution in [2.45, 2.75) is 11.4 Å². The van der Waals surface area contributed by atoms with E-state index in [2.05, 4.69) is 10.4 Å². The number of para-hydroxylation sites is 2. The largest absolute Gasteiger partial charge is 0.495 e. The Hall–Kier alpha value is -4.11. The number of nitrogens with zero attached hydrogens (tertiary/aromatic N) is 3. The maximum absolute atomic E-state index is 13.1. The molecule has 0 fully saturated rings. The Morgan fingerprint density at radius 2 is 1.79 bits per heavy atom. The maximum atomic E-state index is 13.1. The van der Waals surface area contributed by atoms with Crippen molar-refractivity contribution in [3.05, 3.63) is 102 Å². The van der Waals surface area contributed by atoms with Gasteiger partial charge in [-0.2, -0.15) is 5.10 Å². The second-order valence-electron chi connectivity index (χ2n) is 7.53. The zero-order valence-electron chi connectivity index (χ0n) is 18.8. The van der Waals surface area contributed by atoms with Gasteiger partial charge >= 0.3 is 0 Å². The van der Waals surface area contributed by atoms with Crippen molar-refractivity contribution in [2.75, 3.05) is 23.8 Å². The molecular formula is C25H24N4O4S. The third kappa shape index (κ3) is 4.94. The molecule has 0 atom stereocenters. The molecule has 0 aliphatic heterocycles. The Morgan fingerprint density at radius 1 is 1.03 bits per heavy atom. The second-order valence-corrected chi connectivity index (χ2v) is 9.50. The van der Waals surface area contributed by atoms with E-state index in [1.54, 1.807) is 41.2 Å². The van der Waals surface area contributed by atoms with Crippen LogP contribution in [0.2, 0.25) is 0 Å². The van der Waals surface area contributed by atoms with Crippen LogP contribution in [0.3, 0.4) is 0 Å². The molecule has 34 heavy (non-hydrogen) atoms. The highest BCUT2D eigenvalue weighted by molar-refractivity contribution is 7.92. The van der Waals surface area contributed by atoms with Gasteiger partial charge in [-0.3, -0.25) is 13.8 Å². The fourth-order valence-electron chi connectivity index (χ4n) is 3.49. The van der Waals surface area contributed by atoms with Gasteiger partial charge in [0.2, 0.25) is 0 Å². The summed E-state index contributed by atoms with van der Waals surface area (Å²) in [6.45, 7) is 0.586. The van der Waals surface area contributed by atoms with Crippen LogP contribution in [0, 0.1) is 0 Å². The Bertz CT molecular complexity index is 1380. The number of carbonyl (C=O) groups is 1. The van der Waals surface area contributed by atoms with E-state index in [9.17, 15) is 13.2 Å². The van der Waals surface area contributed by atoms with Gasteiger partial charge in [-0.05, 0) is 60.2 Å². The molecule has 0 saturated heterocycles. The quantitative estimate of drug-likeness (QED) is 0.415. The number of hydrogen-bond donors (Lipinski definition) is 1. The van der Waals surface area contributed by atoms with Crippen LogP contribution in [0.4, 0.5) is 11.4 Å². The molecule has 0 aliphatic carbocycles. The van der Waals surface area contributed by atoms with E-state index in [-0.39, 0.29) is 10.8 Å². The summed E-state index contributed by atoms with van der Waals surface area (Å²) < 4.78 is 34.4. The van der Waals surface area contributed by atoms with Crippen molar-refractivity contribution >= 4 is 27.3 Å². The number of sulfonamides is 1. The molecule has 8 nitrogen and oxygen atoms in total. The van der Waals surface area contributed by atoms with E-state index >= 15 is 0 Å². The molecule has 1 N–H and O–H groups in total. The van der Waals surface area contributed by atoms with E-state index in [1.807, 2.05) is 30.5 Å². The predicted molar refractivity (Wildman–Crippen MR) is 131 cm³/mol. The number of aromatic nitrogens is 2. The summed E-state index contributed by atoms with van der Waals surface area (Å²) in [6.07, 6.45) is 3.58. The summed E-state index contributed by atoms with van der Waals surface area (Å²) in [5.74, 6) is 0.109. The van der Waals surface area contributed by atoms with Gasteiger partial charge < -0.3 is 10.1 Å². The smallest absolute Gasteiger partial charge is 0.264 e. The molecule has 1 heterocycles. The molecule has 0 radical (unpaired) electrons. The zero-order valence-corrected chi connectivity index (χ0v) is 19.6. The summed E-state index contributed by atoms with van der Waals surface area (Å²) in [7, 11) is -0.895. The van der Waals surface area contributed by atoms with E-state index in [0.29, 0.717) is 29.2 Å². The lowest BCUT2D eigenvalue weighted by atomic mass is 10.1. The molecule has 0 unspecified atom stereocenters. The van der Waals surface area contributed by atoms with Gasteiger partial charge in [0, 0.05) is 30.7 Å². The first-order valence-corrected chi connectivity index (χ1v) is 11.9. The van der Waals surface area contributed by atoms with Crippen molar-refractivity contribution < 1.29 is 17.9 Å². The third-order valence-corrected chi connectivity index (χ3v) is 7.07. The summed E-state index contributed by atoms with van der Waals surface area (Å²) in [4.78, 5) is 12.8. The number of carbonyl (C=O) groups excluding carboxylic acids is 1. The summed E-state index contributed by atoms with van der Waals surface area (Å²) in [6, 6.07) is 22.0. The first-order valence-electron chi connectivity index (χ1n) is 10.5. The summed E-state index contributed by atoms with van der Waals surface area (Å²) in [5.41, 5.74) is 2.39. The van der Waals surface area contributed by atoms with Gasteiger partial charge in [0.1, 0.15) is 5.75 Å². The molecule has 0 aliphatic rings. The van der Waals surface area contributed by atoms with E-state index in [4.69, 9.17) is 4.74 Å². The number of rotatable bonds is 8. The first kappa shape index (κ1) is 23.1. The molecule has 0 bridgehead atoms. The lowest BCUT2D eigenvalue weighted by molar-refractivity contribution is 0.102. The average Bonchev–Trinajstić information content (AvgIpc) is 3.37. The highest BCUT2D eigenvalue weighted by atomic mass is 32.2. The average molecular weight is 477 g/mol. The monoisotopic (exact) mass is 476 g/mol. The maximum Gasteiger partial charge on any atom is 0.264 e. The molecular weight excluding hydrogens is 452 g/mol. The number of nitrogens with one attached hydrogen (secondary N) is 1. The van der Waals surface area contributed by atoms with Gasteiger partial charge in [0.15, 0.2) is 0 Å². The van der Waals surface area contributed by atoms with Crippen LogP contribution in [0.5, 0.6) is 5.75 Å². The van der Waals surface area contributed by atoms with Crippen LogP contribution in [0.25, 0.3) is 0 Å². The SMILES string of the molecule is COc1ccccc1N(C)S(=O)(=O)c1ccc(C(=O)Nc2cccc(Cn3cccn3)c2)cc1. The molecule has 1 amide bonds. The minimum Gasteiger partial charge on any atom is -0.495 e. The molecule has 9 heteroatoms. The van der Waals surface area contributed by atoms with Gasteiger partial charge in [-0.1, -0.05) is 24.3 Å². The lowest BCUT2D eigenvalue weighted by Gasteiger charge is -2.21. The van der Waals surface area contributed by atoms with E-state index < -0.39 is 10.0 Å². The number of hydrogen-bond acceptors (Lipinski definition) is 5. The van der Waals surface area contributed by atoms with Crippen molar-refractivity contribution in [3.63, 3.8) is 0 Å². The first-order chi connectivity index (χ1) is 16.4. The Labute approximate surface area is 198 Å². The van der Waals surface area contributed by atoms with Crippen molar-refractivity contribution in [1.82, 2.24) is 9.78 Å². The minimum atomic E-state index is -3.84. The predicted octanol–water partition coefficient (Wildman–Crippen LogP) is 4.02. The number of anilines is 2. The molecule has 3 aromatic carbocycles. The van der Waals surface area contributed by atoms with Crippen LogP contribution in [0.1, 0.15) is 15.9 Å². The highest BCUT2D eigenvalue weighted by Gasteiger charge is 2.24. The van der Waals surface area contributed by atoms with Gasteiger partial charge in [-0.15, -0.1) is 0 Å². The van der Waals surface area contributed by atoms with Gasteiger partial charge in [0.05, 0.1) is 24.2 Å². The highest BCUT2D eigenvalue weighted by Crippen LogP contribution is 2.30. The van der Waals surface area contributed by atoms with Crippen LogP contribution < -0.4 is 14.4 Å². The summed E-state index contributed by atoms with van der Waals surface area (Å²) in [5, 5.41) is 7.04. The van der Waals surface area contributed by atoms with E-state index in [1.165, 1.54) is 38.4 Å². The minimum absolute atomic E-state index is 0.0682. The Balaban J connectivity index is 1.48. The molecule has 174 valence electrons. The van der Waals surface area contributed by atoms with Crippen LogP contribution in [-0.2, 0) is 16.6 Å². The Morgan fingerprint density at radius 3 is 2.50 bits per heavy atom.